The lowest BCUT2D eigenvalue weighted by Crippen LogP contribution is -2.10. The Morgan fingerprint density at radius 3 is 2.15 bits per heavy atom. The van der Waals surface area contributed by atoms with Gasteiger partial charge in [0.2, 0.25) is 0 Å². The van der Waals surface area contributed by atoms with Gasteiger partial charge in [0, 0.05) is 10.8 Å². The molecule has 2 aromatic carbocycles. The summed E-state index contributed by atoms with van der Waals surface area (Å²) in [5.41, 5.74) is 5.04. The van der Waals surface area contributed by atoms with Crippen LogP contribution in [-0.4, -0.2) is 4.98 Å². The highest BCUT2D eigenvalue weighted by atomic mass is 14.7. The van der Waals surface area contributed by atoms with Crippen LogP contribution in [0.15, 0.2) is 42.5 Å². The third kappa shape index (κ3) is 2.29. The molecule has 3 rings (SSSR count). The van der Waals surface area contributed by atoms with Crippen molar-refractivity contribution < 1.29 is 0 Å². The Kier molecular flexibility index (Phi) is 3.01. The van der Waals surface area contributed by atoms with Gasteiger partial charge >= 0.3 is 0 Å². The van der Waals surface area contributed by atoms with E-state index in [9.17, 15) is 0 Å². The third-order valence-corrected chi connectivity index (χ3v) is 3.95. The summed E-state index contributed by atoms with van der Waals surface area (Å²) in [6.45, 7) is 8.90. The number of pyridine rings is 1. The van der Waals surface area contributed by atoms with Gasteiger partial charge in [0.15, 0.2) is 0 Å². The van der Waals surface area contributed by atoms with Crippen molar-refractivity contribution in [3.63, 3.8) is 0 Å². The minimum absolute atomic E-state index is 0.163. The molecule has 0 radical (unpaired) electrons. The predicted molar refractivity (Wildman–Crippen MR) is 87.3 cm³/mol. The Hall–Kier alpha value is -1.89. The first-order valence-electron chi connectivity index (χ1n) is 7.31. The van der Waals surface area contributed by atoms with E-state index in [1.165, 1.54) is 21.9 Å². The maximum atomic E-state index is 4.86. The van der Waals surface area contributed by atoms with E-state index in [2.05, 4.69) is 70.2 Å². The van der Waals surface area contributed by atoms with Gasteiger partial charge in [-0.2, -0.15) is 0 Å². The molecule has 0 spiro atoms. The number of nitrogens with zero attached hydrogens (tertiary/aromatic N) is 1. The Morgan fingerprint density at radius 2 is 1.50 bits per heavy atom. The van der Waals surface area contributed by atoms with Crippen LogP contribution in [-0.2, 0) is 11.8 Å². The molecule has 3 aromatic rings. The highest BCUT2D eigenvalue weighted by molar-refractivity contribution is 5.93. The molecule has 0 amide bonds. The topological polar surface area (TPSA) is 12.9 Å². The normalized spacial score (nSPS) is 12.2. The maximum Gasteiger partial charge on any atom is 0.0712 e. The molecule has 0 N–H and O–H groups in total. The van der Waals surface area contributed by atoms with Crippen molar-refractivity contribution in [2.45, 2.75) is 39.5 Å². The van der Waals surface area contributed by atoms with Gasteiger partial charge in [-0.15, -0.1) is 0 Å². The van der Waals surface area contributed by atoms with Crippen molar-refractivity contribution in [3.05, 3.63) is 53.6 Å². The highest BCUT2D eigenvalue weighted by Gasteiger charge is 2.14. The van der Waals surface area contributed by atoms with E-state index in [1.54, 1.807) is 0 Å². The maximum absolute atomic E-state index is 4.86. The van der Waals surface area contributed by atoms with E-state index in [0.717, 1.165) is 17.5 Å². The standard InChI is InChI=1S/C19H21N/c1-5-13-6-7-14-11-15-8-9-16(19(2,3)4)12-18(15)20-17(14)10-13/h6-12H,5H2,1-4H3. The van der Waals surface area contributed by atoms with Crippen LogP contribution in [0.5, 0.6) is 0 Å². The minimum atomic E-state index is 0.163. The summed E-state index contributed by atoms with van der Waals surface area (Å²) < 4.78 is 0. The van der Waals surface area contributed by atoms with Crippen LogP contribution in [0.4, 0.5) is 0 Å². The molecule has 0 saturated heterocycles. The van der Waals surface area contributed by atoms with Crippen LogP contribution < -0.4 is 0 Å². The molecule has 0 unspecified atom stereocenters. The van der Waals surface area contributed by atoms with E-state index in [1.807, 2.05) is 0 Å². The largest absolute Gasteiger partial charge is 0.248 e. The predicted octanol–water partition coefficient (Wildman–Crippen LogP) is 5.25. The van der Waals surface area contributed by atoms with Gasteiger partial charge in [0.25, 0.3) is 0 Å². The van der Waals surface area contributed by atoms with Gasteiger partial charge < -0.3 is 0 Å². The monoisotopic (exact) mass is 263 g/mol. The third-order valence-electron chi connectivity index (χ3n) is 3.95. The molecule has 1 nitrogen and oxygen atoms in total. The van der Waals surface area contributed by atoms with Crippen LogP contribution in [0.3, 0.4) is 0 Å². The summed E-state index contributed by atoms with van der Waals surface area (Å²) in [5, 5.41) is 2.44. The van der Waals surface area contributed by atoms with Crippen molar-refractivity contribution in [3.8, 4) is 0 Å². The summed E-state index contributed by atoms with van der Waals surface area (Å²) in [4.78, 5) is 4.86. The number of fused-ring (bicyclic) bond motifs is 2. The van der Waals surface area contributed by atoms with E-state index in [0.29, 0.717) is 0 Å². The van der Waals surface area contributed by atoms with Crippen LogP contribution in [0, 0.1) is 0 Å². The van der Waals surface area contributed by atoms with Gasteiger partial charge in [-0.05, 0) is 41.2 Å². The van der Waals surface area contributed by atoms with E-state index >= 15 is 0 Å². The smallest absolute Gasteiger partial charge is 0.0712 e. The zero-order valence-corrected chi connectivity index (χ0v) is 12.7. The summed E-state index contributed by atoms with van der Waals surface area (Å²) in [6, 6.07) is 15.5. The number of rotatable bonds is 1. The second-order valence-corrected chi connectivity index (χ2v) is 6.53. The molecule has 0 atom stereocenters. The summed E-state index contributed by atoms with van der Waals surface area (Å²) in [5.74, 6) is 0. The van der Waals surface area contributed by atoms with Gasteiger partial charge in [0.1, 0.15) is 0 Å². The first-order chi connectivity index (χ1) is 9.47. The molecule has 0 fully saturated rings. The second-order valence-electron chi connectivity index (χ2n) is 6.53. The molecule has 1 aromatic heterocycles. The number of hydrogen-bond acceptors (Lipinski definition) is 1. The molecule has 0 aliphatic carbocycles. The van der Waals surface area contributed by atoms with Crippen molar-refractivity contribution >= 4 is 21.8 Å². The summed E-state index contributed by atoms with van der Waals surface area (Å²) >= 11 is 0. The average Bonchev–Trinajstić information content (AvgIpc) is 2.42. The summed E-state index contributed by atoms with van der Waals surface area (Å²) in [7, 11) is 0. The molecule has 0 saturated carbocycles. The molecule has 0 aliphatic rings. The lowest BCUT2D eigenvalue weighted by Gasteiger charge is -2.19. The number of hydrogen-bond donors (Lipinski definition) is 0. The lowest BCUT2D eigenvalue weighted by atomic mass is 9.86. The Balaban J connectivity index is 2.26. The Bertz CT molecular complexity index is 779. The van der Waals surface area contributed by atoms with Gasteiger partial charge in [-0.1, -0.05) is 52.0 Å². The zero-order valence-electron chi connectivity index (χ0n) is 12.7. The molecular formula is C19H21N. The molecule has 0 bridgehead atoms. The van der Waals surface area contributed by atoms with Crippen LogP contribution in [0.2, 0.25) is 0 Å². The molecule has 102 valence electrons. The Morgan fingerprint density at radius 1 is 0.850 bits per heavy atom. The fourth-order valence-corrected chi connectivity index (χ4v) is 2.55. The van der Waals surface area contributed by atoms with Crippen molar-refractivity contribution in [2.75, 3.05) is 0 Å². The molecule has 1 heterocycles. The fraction of sp³-hybridized carbons (Fsp3) is 0.316. The highest BCUT2D eigenvalue weighted by Crippen LogP contribution is 2.27. The Labute approximate surface area is 120 Å². The van der Waals surface area contributed by atoms with Gasteiger partial charge in [-0.3, -0.25) is 0 Å². The van der Waals surface area contributed by atoms with E-state index in [4.69, 9.17) is 4.98 Å². The quantitative estimate of drug-likeness (QED) is 0.546. The van der Waals surface area contributed by atoms with Crippen LogP contribution in [0.25, 0.3) is 21.8 Å². The average molecular weight is 263 g/mol. The van der Waals surface area contributed by atoms with Gasteiger partial charge in [0.05, 0.1) is 11.0 Å². The molecule has 1 heteroatoms. The molecule has 0 aliphatic heterocycles. The lowest BCUT2D eigenvalue weighted by molar-refractivity contribution is 0.591. The minimum Gasteiger partial charge on any atom is -0.248 e. The molecular weight excluding hydrogens is 242 g/mol. The van der Waals surface area contributed by atoms with Crippen LogP contribution in [0.1, 0.15) is 38.8 Å². The van der Waals surface area contributed by atoms with E-state index in [-0.39, 0.29) is 5.41 Å². The second kappa shape index (κ2) is 4.59. The van der Waals surface area contributed by atoms with Gasteiger partial charge in [-0.25, -0.2) is 4.98 Å². The number of aryl methyl sites for hydroxylation is 1. The zero-order chi connectivity index (χ0) is 14.3. The molecule has 20 heavy (non-hydrogen) atoms. The van der Waals surface area contributed by atoms with Crippen molar-refractivity contribution in [1.29, 1.82) is 0 Å². The van der Waals surface area contributed by atoms with Crippen molar-refractivity contribution in [2.24, 2.45) is 0 Å². The number of benzene rings is 2. The number of aromatic nitrogens is 1. The fourth-order valence-electron chi connectivity index (χ4n) is 2.55. The summed E-state index contributed by atoms with van der Waals surface area (Å²) in [6.07, 6.45) is 1.05. The van der Waals surface area contributed by atoms with Crippen molar-refractivity contribution in [1.82, 2.24) is 4.98 Å². The van der Waals surface area contributed by atoms with Crippen LogP contribution >= 0.6 is 0 Å². The van der Waals surface area contributed by atoms with E-state index < -0.39 is 0 Å². The first kappa shape index (κ1) is 13.1. The first-order valence-corrected chi connectivity index (χ1v) is 7.31. The SMILES string of the molecule is CCc1ccc2cc3ccc(C(C)(C)C)cc3nc2c1.